The number of carbonyl (C=O) groups is 6. The lowest BCUT2D eigenvalue weighted by Gasteiger charge is -2.12. The van der Waals surface area contributed by atoms with E-state index >= 15 is 0 Å². The van der Waals surface area contributed by atoms with Gasteiger partial charge in [0.25, 0.3) is 37.1 Å². The van der Waals surface area contributed by atoms with Gasteiger partial charge in [0, 0.05) is 0 Å². The molecule has 0 radical (unpaired) electrons. The third-order valence-corrected chi connectivity index (χ3v) is 8.95. The van der Waals surface area contributed by atoms with Crippen LogP contribution in [0.2, 0.25) is 0 Å². The van der Waals surface area contributed by atoms with Crippen LogP contribution in [0.5, 0.6) is 17.6 Å². The molecule has 6 heterocycles. The molecular formula is C36H24N12O12. The number of hydrogen-bond donors (Lipinski definition) is 3. The monoisotopic (exact) mass is 816 g/mol. The predicted molar refractivity (Wildman–Crippen MR) is 201 cm³/mol. The molecule has 3 N–H and O–H groups in total. The molecule has 8 aromatic rings. The van der Waals surface area contributed by atoms with Crippen molar-refractivity contribution in [3.63, 3.8) is 0 Å². The number of aryl methyl sites for hydroxylation is 6. The van der Waals surface area contributed by atoms with E-state index in [2.05, 4.69) is 44.1 Å². The van der Waals surface area contributed by atoms with Gasteiger partial charge < -0.3 is 29.5 Å². The zero-order chi connectivity index (χ0) is 43.3. The first-order valence-electron chi connectivity index (χ1n) is 16.9. The Hall–Kier alpha value is -8.70. The summed E-state index contributed by atoms with van der Waals surface area (Å²) < 4.78 is 13.8. The number of aromatic carboxylic acids is 3. The highest BCUT2D eigenvalue weighted by molar-refractivity contribution is 6.20. The summed E-state index contributed by atoms with van der Waals surface area (Å²) in [5, 5.41) is 28.3. The largest absolute Gasteiger partial charge is 0.476 e. The molecule has 6 aromatic heterocycles. The summed E-state index contributed by atoms with van der Waals surface area (Å²) in [6.45, 7) is 11.4. The van der Waals surface area contributed by atoms with Crippen LogP contribution in [-0.2, 0) is 14.4 Å². The average Bonchev–Trinajstić information content (AvgIpc) is 3.20. The minimum absolute atomic E-state index is 0.0899. The maximum absolute atomic E-state index is 11.7. The summed E-state index contributed by atoms with van der Waals surface area (Å²) in [5.41, 5.74) is 4.16. The first-order chi connectivity index (χ1) is 28.6. The number of carbonyl (C=O) groups excluding carboxylic acids is 3. The van der Waals surface area contributed by atoms with Crippen LogP contribution in [0.25, 0.3) is 66.2 Å². The van der Waals surface area contributed by atoms with Crippen molar-refractivity contribution < 1.29 is 58.3 Å². The molecule has 60 heavy (non-hydrogen) atoms. The molecule has 0 aliphatic carbocycles. The molecule has 300 valence electrons. The number of aromatic nitrogens is 12. The molecule has 0 spiro atoms. The summed E-state index contributed by atoms with van der Waals surface area (Å²) in [7, 11) is 0. The van der Waals surface area contributed by atoms with E-state index in [1.807, 2.05) is 41.5 Å². The molecule has 0 aliphatic rings. The molecule has 0 fully saturated rings. The molecule has 0 aliphatic heterocycles. The van der Waals surface area contributed by atoms with Gasteiger partial charge in [-0.1, -0.05) is 0 Å². The molecule has 0 saturated carbocycles. The number of carboxylic acid groups (broad SMARTS) is 3. The molecule has 0 saturated heterocycles. The lowest BCUT2D eigenvalue weighted by atomic mass is 10.1. The van der Waals surface area contributed by atoms with E-state index in [0.29, 0.717) is 0 Å². The SMILES string of the molecule is Cc1nc2c3nc(C)c(C)nc3c3nc(C)c(C)nc3c2nc1C.O=COc1nc2c(nc1OC=O)c1nc(C(=O)O)c(C(=O)O)nc1c1nc(C(=O)O)c(OC=O)nc21. The Morgan fingerprint density at radius 2 is 0.533 bits per heavy atom. The van der Waals surface area contributed by atoms with Crippen LogP contribution < -0.4 is 14.2 Å². The number of ether oxygens (including phenoxy) is 3. The second-order valence-corrected chi connectivity index (χ2v) is 12.6. The van der Waals surface area contributed by atoms with E-state index in [0.717, 1.165) is 67.3 Å². The number of nitrogens with zero attached hydrogens (tertiary/aromatic N) is 12. The van der Waals surface area contributed by atoms with Gasteiger partial charge in [-0.05, 0) is 41.5 Å². The Labute approximate surface area is 331 Å². The highest BCUT2D eigenvalue weighted by Gasteiger charge is 2.29. The summed E-state index contributed by atoms with van der Waals surface area (Å²) >= 11 is 0. The molecular weight excluding hydrogens is 792 g/mol. The molecule has 0 amide bonds. The second kappa shape index (κ2) is 15.0. The van der Waals surface area contributed by atoms with Crippen LogP contribution in [0, 0.1) is 41.5 Å². The van der Waals surface area contributed by atoms with Gasteiger partial charge in [-0.3, -0.25) is 14.4 Å². The fourth-order valence-corrected chi connectivity index (χ4v) is 5.86. The molecule has 24 heteroatoms. The van der Waals surface area contributed by atoms with Crippen molar-refractivity contribution >= 4 is 104 Å². The van der Waals surface area contributed by atoms with Gasteiger partial charge in [0.05, 0.1) is 34.2 Å². The lowest BCUT2D eigenvalue weighted by molar-refractivity contribution is -0.123. The highest BCUT2D eigenvalue weighted by Crippen LogP contribution is 2.36. The quantitative estimate of drug-likeness (QED) is 0.139. The Kier molecular flexibility index (Phi) is 9.88. The summed E-state index contributed by atoms with van der Waals surface area (Å²) in [4.78, 5) is 119. The molecule has 8 rings (SSSR count). The number of hydrogen-bond acceptors (Lipinski definition) is 21. The maximum Gasteiger partial charge on any atom is 0.360 e. The summed E-state index contributed by atoms with van der Waals surface area (Å²) in [5.74, 6) is -7.49. The maximum atomic E-state index is 11.7. The van der Waals surface area contributed by atoms with Crippen molar-refractivity contribution in [1.82, 2.24) is 59.8 Å². The molecule has 0 atom stereocenters. The smallest absolute Gasteiger partial charge is 0.360 e. The van der Waals surface area contributed by atoms with Crippen molar-refractivity contribution in [3.05, 3.63) is 51.2 Å². The fraction of sp³-hybridized carbons (Fsp3) is 0.167. The number of fused-ring (bicyclic) bond motifs is 12. The Morgan fingerprint density at radius 3 is 0.783 bits per heavy atom. The molecule has 0 unspecified atom stereocenters. The predicted octanol–water partition coefficient (Wildman–Crippen LogP) is 2.58. The minimum atomic E-state index is -1.80. The first kappa shape index (κ1) is 39.5. The van der Waals surface area contributed by atoms with E-state index in [1.165, 1.54) is 0 Å². The second-order valence-electron chi connectivity index (χ2n) is 12.6. The Bertz CT molecular complexity index is 2980. The van der Waals surface area contributed by atoms with Gasteiger partial charge in [0.1, 0.15) is 66.2 Å². The third-order valence-electron chi connectivity index (χ3n) is 8.95. The van der Waals surface area contributed by atoms with Crippen molar-refractivity contribution in [2.75, 3.05) is 0 Å². The van der Waals surface area contributed by atoms with Crippen LogP contribution >= 0.6 is 0 Å². The van der Waals surface area contributed by atoms with Crippen LogP contribution in [0.1, 0.15) is 65.6 Å². The van der Waals surface area contributed by atoms with Gasteiger partial charge in [-0.15, -0.1) is 0 Å². The van der Waals surface area contributed by atoms with E-state index in [9.17, 15) is 44.1 Å². The Balaban J connectivity index is 0.000000196. The van der Waals surface area contributed by atoms with Gasteiger partial charge >= 0.3 is 17.9 Å². The standard InChI is InChI=1S/C18H6N6O12.C18H18N6/c25-1-34-13-12(18(32)33)21-6-4-5(20-11(17(30)31)10(19-4)16(28)29)8-9(7(6)22-13)24-15(36-3-27)14(23-8)35-2-26;1-7-8(2)20-14-13(19-7)15-17(23-10(4)9(3)21-15)18-16(14)22-11(5)12(6)24-18/h1-3H,(H,28,29)(H,30,31)(H,32,33);1-6H3. The van der Waals surface area contributed by atoms with Crippen LogP contribution in [0.4, 0.5) is 0 Å². The highest BCUT2D eigenvalue weighted by atomic mass is 16.6. The lowest BCUT2D eigenvalue weighted by Crippen LogP contribution is -2.15. The number of carboxylic acids is 3. The summed E-state index contributed by atoms with van der Waals surface area (Å²) in [6.07, 6.45) is 0. The van der Waals surface area contributed by atoms with E-state index in [1.54, 1.807) is 0 Å². The Morgan fingerprint density at radius 1 is 0.333 bits per heavy atom. The van der Waals surface area contributed by atoms with E-state index < -0.39 is 80.2 Å². The molecule has 0 bridgehead atoms. The molecule has 2 aromatic carbocycles. The van der Waals surface area contributed by atoms with E-state index in [4.69, 9.17) is 29.9 Å². The average molecular weight is 817 g/mol. The van der Waals surface area contributed by atoms with E-state index in [-0.39, 0.29) is 24.9 Å². The first-order valence-corrected chi connectivity index (χ1v) is 16.9. The van der Waals surface area contributed by atoms with Gasteiger partial charge in [0.15, 0.2) is 11.4 Å². The summed E-state index contributed by atoms with van der Waals surface area (Å²) in [6, 6.07) is 0. The minimum Gasteiger partial charge on any atom is -0.476 e. The zero-order valence-electron chi connectivity index (χ0n) is 31.6. The van der Waals surface area contributed by atoms with Crippen molar-refractivity contribution in [1.29, 1.82) is 0 Å². The van der Waals surface area contributed by atoms with Crippen LogP contribution in [-0.4, -0.2) is 112 Å². The van der Waals surface area contributed by atoms with Crippen LogP contribution in [0.3, 0.4) is 0 Å². The zero-order valence-corrected chi connectivity index (χ0v) is 31.6. The third kappa shape index (κ3) is 6.57. The van der Waals surface area contributed by atoms with Crippen molar-refractivity contribution in [3.8, 4) is 17.6 Å². The topological polar surface area (TPSA) is 345 Å². The van der Waals surface area contributed by atoms with Gasteiger partial charge in [-0.25, -0.2) is 74.2 Å². The normalized spacial score (nSPS) is 11.1. The molecule has 24 nitrogen and oxygen atoms in total. The van der Waals surface area contributed by atoms with Crippen molar-refractivity contribution in [2.45, 2.75) is 41.5 Å². The number of benzene rings is 2. The van der Waals surface area contributed by atoms with Crippen LogP contribution in [0.15, 0.2) is 0 Å². The van der Waals surface area contributed by atoms with Crippen molar-refractivity contribution in [2.24, 2.45) is 0 Å². The fourth-order valence-electron chi connectivity index (χ4n) is 5.86. The van der Waals surface area contributed by atoms with Gasteiger partial charge in [0.2, 0.25) is 5.69 Å². The number of rotatable bonds is 9. The van der Waals surface area contributed by atoms with Gasteiger partial charge in [-0.2, -0.15) is 0 Å².